The van der Waals surface area contributed by atoms with Crippen LogP contribution in [0.15, 0.2) is 36.8 Å². The summed E-state index contributed by atoms with van der Waals surface area (Å²) in [6.07, 6.45) is 6.29. The average Bonchev–Trinajstić information content (AvgIpc) is 2.46. The molecule has 2 aromatic rings. The molecular formula is C14H19N5. The normalized spacial score (nSPS) is 10.4. The number of pyridine rings is 1. The molecule has 5 nitrogen and oxygen atoms in total. The van der Waals surface area contributed by atoms with Crippen LogP contribution in [0.25, 0.3) is 0 Å². The molecule has 1 N–H and O–H groups in total. The van der Waals surface area contributed by atoms with Crippen molar-refractivity contribution in [3.63, 3.8) is 0 Å². The molecule has 0 saturated carbocycles. The van der Waals surface area contributed by atoms with Crippen LogP contribution in [0, 0.1) is 0 Å². The number of rotatable bonds is 6. The van der Waals surface area contributed by atoms with E-state index < -0.39 is 0 Å². The third-order valence-electron chi connectivity index (χ3n) is 2.85. The lowest BCUT2D eigenvalue weighted by Gasteiger charge is -2.18. The number of hydrogen-bond acceptors (Lipinski definition) is 5. The van der Waals surface area contributed by atoms with Gasteiger partial charge < -0.3 is 10.2 Å². The van der Waals surface area contributed by atoms with Crippen molar-refractivity contribution in [3.05, 3.63) is 48.2 Å². The Balaban J connectivity index is 1.95. The predicted molar refractivity (Wildman–Crippen MR) is 76.0 cm³/mol. The van der Waals surface area contributed by atoms with Crippen LogP contribution in [0.2, 0.25) is 0 Å². The van der Waals surface area contributed by atoms with Crippen LogP contribution < -0.4 is 10.2 Å². The Bertz CT molecular complexity index is 500. The summed E-state index contributed by atoms with van der Waals surface area (Å²) in [6, 6.07) is 5.98. The van der Waals surface area contributed by atoms with Gasteiger partial charge in [-0.1, -0.05) is 6.07 Å². The van der Waals surface area contributed by atoms with E-state index in [1.54, 1.807) is 12.4 Å². The van der Waals surface area contributed by atoms with E-state index in [1.165, 1.54) is 0 Å². The quantitative estimate of drug-likeness (QED) is 0.844. The minimum absolute atomic E-state index is 0.731. The van der Waals surface area contributed by atoms with E-state index in [2.05, 4.69) is 25.2 Å². The van der Waals surface area contributed by atoms with Crippen molar-refractivity contribution >= 4 is 5.82 Å². The molecule has 0 aliphatic carbocycles. The van der Waals surface area contributed by atoms with Crippen LogP contribution in [0.5, 0.6) is 0 Å². The molecule has 0 bridgehead atoms. The highest BCUT2D eigenvalue weighted by Crippen LogP contribution is 2.08. The molecule has 2 aromatic heterocycles. The van der Waals surface area contributed by atoms with Gasteiger partial charge in [-0.05, 0) is 19.2 Å². The minimum atomic E-state index is 0.731. The Hall–Kier alpha value is -2.01. The Morgan fingerprint density at radius 3 is 2.84 bits per heavy atom. The van der Waals surface area contributed by atoms with Crippen molar-refractivity contribution in [3.8, 4) is 0 Å². The van der Waals surface area contributed by atoms with Crippen LogP contribution in [0.3, 0.4) is 0 Å². The van der Waals surface area contributed by atoms with Crippen molar-refractivity contribution in [2.45, 2.75) is 13.0 Å². The van der Waals surface area contributed by atoms with E-state index in [4.69, 9.17) is 0 Å². The van der Waals surface area contributed by atoms with Gasteiger partial charge in [-0.2, -0.15) is 0 Å². The fraction of sp³-hybridized carbons (Fsp3) is 0.357. The van der Waals surface area contributed by atoms with Gasteiger partial charge in [0.1, 0.15) is 5.82 Å². The summed E-state index contributed by atoms with van der Waals surface area (Å²) in [6.45, 7) is 1.60. The summed E-state index contributed by atoms with van der Waals surface area (Å²) < 4.78 is 0. The number of anilines is 1. The first-order valence-electron chi connectivity index (χ1n) is 6.36. The molecule has 0 fully saturated rings. The highest BCUT2D eigenvalue weighted by Gasteiger charge is 2.05. The third-order valence-corrected chi connectivity index (χ3v) is 2.85. The second kappa shape index (κ2) is 6.80. The summed E-state index contributed by atoms with van der Waals surface area (Å²) in [5, 5.41) is 3.08. The van der Waals surface area contributed by atoms with Crippen LogP contribution in [0.4, 0.5) is 5.82 Å². The van der Waals surface area contributed by atoms with Crippen molar-refractivity contribution in [1.82, 2.24) is 20.3 Å². The van der Waals surface area contributed by atoms with Crippen molar-refractivity contribution in [2.24, 2.45) is 0 Å². The van der Waals surface area contributed by atoms with Gasteiger partial charge in [0.25, 0.3) is 0 Å². The van der Waals surface area contributed by atoms with Gasteiger partial charge in [-0.15, -0.1) is 0 Å². The van der Waals surface area contributed by atoms with E-state index in [0.29, 0.717) is 0 Å². The van der Waals surface area contributed by atoms with E-state index in [0.717, 1.165) is 36.7 Å². The molecule has 0 amide bonds. The van der Waals surface area contributed by atoms with E-state index in [9.17, 15) is 0 Å². The van der Waals surface area contributed by atoms with Gasteiger partial charge in [0.05, 0.1) is 11.9 Å². The number of likely N-dealkylation sites (N-methyl/N-ethyl adjacent to an activating group) is 1. The van der Waals surface area contributed by atoms with Gasteiger partial charge >= 0.3 is 0 Å². The number of nitrogens with zero attached hydrogens (tertiary/aromatic N) is 4. The molecule has 100 valence electrons. The molecule has 0 radical (unpaired) electrons. The highest BCUT2D eigenvalue weighted by atomic mass is 15.2. The predicted octanol–water partition coefficient (Wildman–Crippen LogP) is 1.27. The number of aromatic nitrogens is 3. The monoisotopic (exact) mass is 257 g/mol. The maximum atomic E-state index is 4.56. The Morgan fingerprint density at radius 2 is 2.11 bits per heavy atom. The lowest BCUT2D eigenvalue weighted by molar-refractivity contribution is 0.771. The Kier molecular flexibility index (Phi) is 4.80. The first-order valence-corrected chi connectivity index (χ1v) is 6.36. The van der Waals surface area contributed by atoms with Crippen molar-refractivity contribution in [2.75, 3.05) is 25.5 Å². The van der Waals surface area contributed by atoms with Crippen LogP contribution >= 0.6 is 0 Å². The standard InChI is InChI=1S/C14H19N5/c1-15-9-13-10-16-11-14(18-13)19(2)8-6-12-5-3-4-7-17-12/h3-5,7,10-11,15H,6,8-9H2,1-2H3. The minimum Gasteiger partial charge on any atom is -0.358 e. The van der Waals surface area contributed by atoms with Gasteiger partial charge in [0, 0.05) is 44.6 Å². The molecule has 19 heavy (non-hydrogen) atoms. The lowest BCUT2D eigenvalue weighted by atomic mass is 10.2. The maximum absolute atomic E-state index is 4.56. The van der Waals surface area contributed by atoms with E-state index >= 15 is 0 Å². The molecule has 0 unspecified atom stereocenters. The van der Waals surface area contributed by atoms with Gasteiger partial charge in [-0.3, -0.25) is 9.97 Å². The van der Waals surface area contributed by atoms with Crippen molar-refractivity contribution in [1.29, 1.82) is 0 Å². The summed E-state index contributed by atoms with van der Waals surface area (Å²) in [4.78, 5) is 15.2. The SMILES string of the molecule is CNCc1cncc(N(C)CCc2ccccn2)n1. The molecule has 5 heteroatoms. The maximum Gasteiger partial charge on any atom is 0.147 e. The second-order valence-electron chi connectivity index (χ2n) is 4.39. The zero-order chi connectivity index (χ0) is 13.5. The lowest BCUT2D eigenvalue weighted by Crippen LogP contribution is -2.22. The molecule has 0 aliphatic heterocycles. The molecule has 2 rings (SSSR count). The molecule has 0 aliphatic rings. The summed E-state index contributed by atoms with van der Waals surface area (Å²) in [5.41, 5.74) is 2.04. The number of nitrogens with one attached hydrogen (secondary N) is 1. The largest absolute Gasteiger partial charge is 0.358 e. The summed E-state index contributed by atoms with van der Waals surface area (Å²) >= 11 is 0. The first-order chi connectivity index (χ1) is 9.29. The van der Waals surface area contributed by atoms with E-state index in [1.807, 2.05) is 38.5 Å². The second-order valence-corrected chi connectivity index (χ2v) is 4.39. The smallest absolute Gasteiger partial charge is 0.147 e. The molecule has 0 atom stereocenters. The fourth-order valence-electron chi connectivity index (χ4n) is 1.79. The first kappa shape index (κ1) is 13.4. The third kappa shape index (κ3) is 3.99. The molecule has 2 heterocycles. The Morgan fingerprint density at radius 1 is 1.21 bits per heavy atom. The molecule has 0 spiro atoms. The molecular weight excluding hydrogens is 238 g/mol. The van der Waals surface area contributed by atoms with Crippen LogP contribution in [0.1, 0.15) is 11.4 Å². The summed E-state index contributed by atoms with van der Waals surface area (Å²) in [7, 11) is 3.93. The molecule has 0 aromatic carbocycles. The molecule has 0 saturated heterocycles. The topological polar surface area (TPSA) is 53.9 Å². The van der Waals surface area contributed by atoms with Gasteiger partial charge in [-0.25, -0.2) is 4.98 Å². The zero-order valence-corrected chi connectivity index (χ0v) is 11.4. The zero-order valence-electron chi connectivity index (χ0n) is 11.4. The fourth-order valence-corrected chi connectivity index (χ4v) is 1.79. The number of hydrogen-bond donors (Lipinski definition) is 1. The van der Waals surface area contributed by atoms with Crippen LogP contribution in [-0.4, -0.2) is 35.6 Å². The van der Waals surface area contributed by atoms with Crippen molar-refractivity contribution < 1.29 is 0 Å². The van der Waals surface area contributed by atoms with Gasteiger partial charge in [0.15, 0.2) is 0 Å². The van der Waals surface area contributed by atoms with Gasteiger partial charge in [0.2, 0.25) is 0 Å². The van der Waals surface area contributed by atoms with E-state index in [-0.39, 0.29) is 0 Å². The highest BCUT2D eigenvalue weighted by molar-refractivity contribution is 5.35. The van der Waals surface area contributed by atoms with Crippen LogP contribution in [-0.2, 0) is 13.0 Å². The summed E-state index contributed by atoms with van der Waals surface area (Å²) in [5.74, 6) is 0.892. The Labute approximate surface area is 113 Å². The average molecular weight is 257 g/mol.